The third-order valence-corrected chi connectivity index (χ3v) is 4.81. The lowest BCUT2D eigenvalue weighted by molar-refractivity contribution is -0.131. The second-order valence-corrected chi connectivity index (χ2v) is 6.52. The molecule has 2 heterocycles. The Morgan fingerprint density at radius 2 is 2.00 bits per heavy atom. The van der Waals surface area contributed by atoms with Crippen LogP contribution < -0.4 is 5.32 Å². The van der Waals surface area contributed by atoms with E-state index in [-0.39, 0.29) is 11.8 Å². The highest BCUT2D eigenvalue weighted by atomic mass is 16.2. The molecule has 0 radical (unpaired) electrons. The van der Waals surface area contributed by atoms with Crippen LogP contribution in [-0.4, -0.2) is 46.1 Å². The zero-order valence-corrected chi connectivity index (χ0v) is 15.2. The van der Waals surface area contributed by atoms with Gasteiger partial charge in [-0.25, -0.2) is 0 Å². The number of likely N-dealkylation sites (tertiary alicyclic amines) is 1. The highest BCUT2D eigenvalue weighted by molar-refractivity contribution is 5.79. The number of hydrogen-bond acceptors (Lipinski definition) is 3. The van der Waals surface area contributed by atoms with E-state index >= 15 is 0 Å². The van der Waals surface area contributed by atoms with Gasteiger partial charge < -0.3 is 10.2 Å². The summed E-state index contributed by atoms with van der Waals surface area (Å²) >= 11 is 0. The third-order valence-electron chi connectivity index (χ3n) is 4.81. The van der Waals surface area contributed by atoms with E-state index in [2.05, 4.69) is 24.3 Å². The van der Waals surface area contributed by atoms with E-state index in [0.29, 0.717) is 32.5 Å². The number of aryl methyl sites for hydroxylation is 1. The Labute approximate surface area is 144 Å². The Bertz CT molecular complexity index is 580. The molecular formula is C18H30N4O2. The lowest BCUT2D eigenvalue weighted by Crippen LogP contribution is -2.35. The van der Waals surface area contributed by atoms with Gasteiger partial charge in [-0.15, -0.1) is 0 Å². The zero-order chi connectivity index (χ0) is 17.5. The average Bonchev–Trinajstić information content (AvgIpc) is 2.70. The van der Waals surface area contributed by atoms with Gasteiger partial charge in [-0.3, -0.25) is 14.3 Å². The highest BCUT2D eigenvalue weighted by Crippen LogP contribution is 2.13. The molecule has 24 heavy (non-hydrogen) atoms. The fraction of sp³-hybridized carbons (Fsp3) is 0.722. The maximum Gasteiger partial charge on any atom is 0.222 e. The molecule has 1 fully saturated rings. The predicted octanol–water partition coefficient (Wildman–Crippen LogP) is 1.97. The van der Waals surface area contributed by atoms with Crippen LogP contribution >= 0.6 is 0 Å². The number of carbonyl (C=O) groups excluding carboxylic acids is 2. The molecule has 0 spiro atoms. The SMILES string of the molecule is CCc1c(C)nn(CCNC(=O)CCN2CCCCCC2=O)c1C. The van der Waals surface area contributed by atoms with Crippen LogP contribution in [0.25, 0.3) is 0 Å². The Morgan fingerprint density at radius 1 is 1.21 bits per heavy atom. The van der Waals surface area contributed by atoms with Gasteiger partial charge in [0.2, 0.25) is 11.8 Å². The van der Waals surface area contributed by atoms with Crippen LogP contribution in [0.3, 0.4) is 0 Å². The molecular weight excluding hydrogens is 304 g/mol. The quantitative estimate of drug-likeness (QED) is 0.829. The number of nitrogens with one attached hydrogen (secondary N) is 1. The maximum atomic E-state index is 12.0. The molecule has 2 rings (SSSR count). The molecule has 134 valence electrons. The van der Waals surface area contributed by atoms with Crippen LogP contribution in [0.4, 0.5) is 0 Å². The van der Waals surface area contributed by atoms with Gasteiger partial charge in [0, 0.05) is 38.2 Å². The molecule has 1 saturated heterocycles. The van der Waals surface area contributed by atoms with Crippen LogP contribution in [-0.2, 0) is 22.6 Å². The first-order valence-electron chi connectivity index (χ1n) is 9.10. The van der Waals surface area contributed by atoms with Crippen molar-refractivity contribution in [1.82, 2.24) is 20.0 Å². The Balaban J connectivity index is 1.72. The van der Waals surface area contributed by atoms with Gasteiger partial charge in [-0.1, -0.05) is 13.3 Å². The van der Waals surface area contributed by atoms with Crippen LogP contribution in [0, 0.1) is 13.8 Å². The largest absolute Gasteiger partial charge is 0.354 e. The summed E-state index contributed by atoms with van der Waals surface area (Å²) in [6.45, 7) is 8.80. The normalized spacial score (nSPS) is 15.5. The standard InChI is InChI=1S/C18H30N4O2/c1-4-16-14(2)20-22(15(16)3)13-10-19-17(23)9-12-21-11-7-5-6-8-18(21)24/h4-13H2,1-3H3,(H,19,23). The van der Waals surface area contributed by atoms with Gasteiger partial charge in [-0.2, -0.15) is 5.10 Å². The molecule has 0 unspecified atom stereocenters. The minimum Gasteiger partial charge on any atom is -0.354 e. The summed E-state index contributed by atoms with van der Waals surface area (Å²) in [6.07, 6.45) is 5.11. The van der Waals surface area contributed by atoms with E-state index in [0.717, 1.165) is 37.9 Å². The molecule has 6 heteroatoms. The van der Waals surface area contributed by atoms with E-state index in [1.807, 2.05) is 16.5 Å². The van der Waals surface area contributed by atoms with Gasteiger partial charge in [0.05, 0.1) is 12.2 Å². The van der Waals surface area contributed by atoms with Crippen molar-refractivity contribution in [3.8, 4) is 0 Å². The molecule has 2 amide bonds. The van der Waals surface area contributed by atoms with Crippen molar-refractivity contribution in [3.05, 3.63) is 17.0 Å². The molecule has 6 nitrogen and oxygen atoms in total. The molecule has 0 aromatic carbocycles. The molecule has 0 saturated carbocycles. The minimum absolute atomic E-state index is 0.00398. The van der Waals surface area contributed by atoms with Gasteiger partial charge in [0.25, 0.3) is 0 Å². The monoisotopic (exact) mass is 334 g/mol. The van der Waals surface area contributed by atoms with E-state index in [4.69, 9.17) is 0 Å². The van der Waals surface area contributed by atoms with Crippen LogP contribution in [0.2, 0.25) is 0 Å². The average molecular weight is 334 g/mol. The van der Waals surface area contributed by atoms with E-state index < -0.39 is 0 Å². The summed E-state index contributed by atoms with van der Waals surface area (Å²) in [5.41, 5.74) is 3.54. The lowest BCUT2D eigenvalue weighted by Gasteiger charge is -2.20. The fourth-order valence-corrected chi connectivity index (χ4v) is 3.36. The van der Waals surface area contributed by atoms with Crippen LogP contribution in [0.1, 0.15) is 56.0 Å². The van der Waals surface area contributed by atoms with Crippen LogP contribution in [0.5, 0.6) is 0 Å². The van der Waals surface area contributed by atoms with Crippen molar-refractivity contribution in [2.75, 3.05) is 19.6 Å². The van der Waals surface area contributed by atoms with Crippen molar-refractivity contribution in [2.45, 2.75) is 65.8 Å². The molecule has 1 aliphatic heterocycles. The summed E-state index contributed by atoms with van der Waals surface area (Å²) in [4.78, 5) is 25.7. The number of amides is 2. The molecule has 0 bridgehead atoms. The van der Waals surface area contributed by atoms with Gasteiger partial charge in [0.1, 0.15) is 0 Å². The van der Waals surface area contributed by atoms with Crippen LogP contribution in [0.15, 0.2) is 0 Å². The van der Waals surface area contributed by atoms with Crippen molar-refractivity contribution in [1.29, 1.82) is 0 Å². The van der Waals surface area contributed by atoms with E-state index in [1.54, 1.807) is 0 Å². The molecule has 0 aliphatic carbocycles. The Morgan fingerprint density at radius 3 is 2.71 bits per heavy atom. The number of rotatable bonds is 7. The predicted molar refractivity (Wildman–Crippen MR) is 93.8 cm³/mol. The summed E-state index contributed by atoms with van der Waals surface area (Å²) in [5, 5.41) is 7.47. The maximum absolute atomic E-state index is 12.0. The van der Waals surface area contributed by atoms with Crippen molar-refractivity contribution < 1.29 is 9.59 Å². The molecule has 1 aliphatic rings. The third kappa shape index (κ3) is 4.82. The van der Waals surface area contributed by atoms with Crippen molar-refractivity contribution in [3.63, 3.8) is 0 Å². The second kappa shape index (κ2) is 8.85. The molecule has 1 N–H and O–H groups in total. The zero-order valence-electron chi connectivity index (χ0n) is 15.2. The topological polar surface area (TPSA) is 67.2 Å². The number of carbonyl (C=O) groups is 2. The van der Waals surface area contributed by atoms with Crippen molar-refractivity contribution >= 4 is 11.8 Å². The van der Waals surface area contributed by atoms with Crippen molar-refractivity contribution in [2.24, 2.45) is 0 Å². The number of aromatic nitrogens is 2. The molecule has 1 aromatic heterocycles. The van der Waals surface area contributed by atoms with Gasteiger partial charge in [0.15, 0.2) is 0 Å². The summed E-state index contributed by atoms with van der Waals surface area (Å²) < 4.78 is 1.97. The summed E-state index contributed by atoms with van der Waals surface area (Å²) in [5.74, 6) is 0.194. The first-order chi connectivity index (χ1) is 11.5. The smallest absolute Gasteiger partial charge is 0.222 e. The first-order valence-corrected chi connectivity index (χ1v) is 9.10. The van der Waals surface area contributed by atoms with E-state index in [9.17, 15) is 9.59 Å². The first kappa shape index (κ1) is 18.5. The lowest BCUT2D eigenvalue weighted by atomic mass is 10.1. The molecule has 0 atom stereocenters. The Kier molecular flexibility index (Phi) is 6.82. The number of hydrogen-bond donors (Lipinski definition) is 1. The van der Waals surface area contributed by atoms with Gasteiger partial charge in [-0.05, 0) is 38.7 Å². The fourth-order valence-electron chi connectivity index (χ4n) is 3.36. The Hall–Kier alpha value is -1.85. The second-order valence-electron chi connectivity index (χ2n) is 6.52. The van der Waals surface area contributed by atoms with E-state index in [1.165, 1.54) is 11.3 Å². The number of nitrogens with zero attached hydrogens (tertiary/aromatic N) is 3. The molecule has 1 aromatic rings. The highest BCUT2D eigenvalue weighted by Gasteiger charge is 2.17. The minimum atomic E-state index is 0.00398. The van der Waals surface area contributed by atoms with Gasteiger partial charge >= 0.3 is 0 Å². The summed E-state index contributed by atoms with van der Waals surface area (Å²) in [6, 6.07) is 0. The summed E-state index contributed by atoms with van der Waals surface area (Å²) in [7, 11) is 0.